The lowest BCUT2D eigenvalue weighted by Gasteiger charge is -2.10. The zero-order valence-corrected chi connectivity index (χ0v) is 10.4. The van der Waals surface area contributed by atoms with Gasteiger partial charge in [0.1, 0.15) is 5.82 Å². The molecule has 0 aliphatic carbocycles. The number of hydrogen-bond donors (Lipinski definition) is 2. The zero-order chi connectivity index (χ0) is 12.4. The van der Waals surface area contributed by atoms with E-state index in [0.29, 0.717) is 10.8 Å². The first kappa shape index (κ1) is 11.7. The molecule has 2 aromatic rings. The standard InChI is InChI=1S/C12H13ClN4/c1-7-4-3-5-9(11(7)13)16-10-6-8(2)15-12(14)17-10/h3-6H,1-2H3,(H3,14,15,16,17). The van der Waals surface area contributed by atoms with E-state index in [4.69, 9.17) is 17.3 Å². The van der Waals surface area contributed by atoms with E-state index >= 15 is 0 Å². The predicted octanol–water partition coefficient (Wildman–Crippen LogP) is 3.07. The monoisotopic (exact) mass is 248 g/mol. The molecule has 0 aliphatic heterocycles. The summed E-state index contributed by atoms with van der Waals surface area (Å²) in [4.78, 5) is 8.11. The molecular formula is C12H13ClN4. The molecule has 0 fully saturated rings. The first-order valence-electron chi connectivity index (χ1n) is 5.19. The normalized spacial score (nSPS) is 10.3. The summed E-state index contributed by atoms with van der Waals surface area (Å²) in [5.41, 5.74) is 8.21. The Hall–Kier alpha value is -1.81. The SMILES string of the molecule is Cc1cc(Nc2cccc(C)c2Cl)nc(N)n1. The van der Waals surface area contributed by atoms with Crippen molar-refractivity contribution in [1.29, 1.82) is 0 Å². The number of nitrogens with zero attached hydrogens (tertiary/aromatic N) is 2. The number of benzene rings is 1. The van der Waals surface area contributed by atoms with Crippen LogP contribution in [0, 0.1) is 13.8 Å². The number of hydrogen-bond acceptors (Lipinski definition) is 4. The Morgan fingerprint density at radius 2 is 2.00 bits per heavy atom. The Kier molecular flexibility index (Phi) is 3.15. The molecule has 5 heteroatoms. The van der Waals surface area contributed by atoms with E-state index in [0.717, 1.165) is 16.9 Å². The average Bonchev–Trinajstić information content (AvgIpc) is 2.23. The molecule has 1 aromatic carbocycles. The third kappa shape index (κ3) is 2.65. The number of nitrogens with two attached hydrogens (primary N) is 1. The van der Waals surface area contributed by atoms with E-state index in [2.05, 4.69) is 15.3 Å². The van der Waals surface area contributed by atoms with Crippen molar-refractivity contribution < 1.29 is 0 Å². The van der Waals surface area contributed by atoms with Gasteiger partial charge in [0.05, 0.1) is 10.7 Å². The van der Waals surface area contributed by atoms with Crippen molar-refractivity contribution in [3.05, 3.63) is 40.5 Å². The van der Waals surface area contributed by atoms with Crippen molar-refractivity contribution in [3.63, 3.8) is 0 Å². The van der Waals surface area contributed by atoms with E-state index in [-0.39, 0.29) is 5.95 Å². The largest absolute Gasteiger partial charge is 0.368 e. The minimum atomic E-state index is 0.247. The van der Waals surface area contributed by atoms with Crippen LogP contribution in [0.15, 0.2) is 24.3 Å². The van der Waals surface area contributed by atoms with Gasteiger partial charge in [0.15, 0.2) is 0 Å². The summed E-state index contributed by atoms with van der Waals surface area (Å²) in [6.07, 6.45) is 0. The van der Waals surface area contributed by atoms with Gasteiger partial charge in [-0.2, -0.15) is 4.98 Å². The first-order valence-corrected chi connectivity index (χ1v) is 5.57. The van der Waals surface area contributed by atoms with Gasteiger partial charge in [-0.15, -0.1) is 0 Å². The summed E-state index contributed by atoms with van der Waals surface area (Å²) in [5.74, 6) is 0.888. The number of nitrogen functional groups attached to an aromatic ring is 1. The molecule has 1 heterocycles. The maximum atomic E-state index is 6.19. The fourth-order valence-electron chi connectivity index (χ4n) is 1.54. The minimum absolute atomic E-state index is 0.247. The molecule has 0 amide bonds. The second-order valence-electron chi connectivity index (χ2n) is 3.81. The molecule has 0 radical (unpaired) electrons. The molecule has 3 N–H and O–H groups in total. The summed E-state index contributed by atoms with van der Waals surface area (Å²) in [6.45, 7) is 3.81. The molecular weight excluding hydrogens is 236 g/mol. The summed E-state index contributed by atoms with van der Waals surface area (Å²) < 4.78 is 0. The number of halogens is 1. The molecule has 88 valence electrons. The van der Waals surface area contributed by atoms with Crippen molar-refractivity contribution in [2.45, 2.75) is 13.8 Å². The smallest absolute Gasteiger partial charge is 0.222 e. The summed E-state index contributed by atoms with van der Waals surface area (Å²) in [7, 11) is 0. The van der Waals surface area contributed by atoms with Crippen molar-refractivity contribution in [2.75, 3.05) is 11.1 Å². The Balaban J connectivity index is 2.34. The van der Waals surface area contributed by atoms with Crippen LogP contribution in [0.1, 0.15) is 11.3 Å². The third-order valence-corrected chi connectivity index (χ3v) is 2.83. The predicted molar refractivity (Wildman–Crippen MR) is 70.7 cm³/mol. The van der Waals surface area contributed by atoms with Crippen molar-refractivity contribution >= 4 is 29.1 Å². The second-order valence-corrected chi connectivity index (χ2v) is 4.19. The van der Waals surface area contributed by atoms with E-state index < -0.39 is 0 Å². The highest BCUT2D eigenvalue weighted by atomic mass is 35.5. The highest BCUT2D eigenvalue weighted by molar-refractivity contribution is 6.34. The van der Waals surface area contributed by atoms with Gasteiger partial charge < -0.3 is 11.1 Å². The van der Waals surface area contributed by atoms with Crippen molar-refractivity contribution in [3.8, 4) is 0 Å². The quantitative estimate of drug-likeness (QED) is 0.857. The highest BCUT2D eigenvalue weighted by Gasteiger charge is 2.05. The Labute approximate surface area is 105 Å². The van der Waals surface area contributed by atoms with Crippen LogP contribution in [0.4, 0.5) is 17.5 Å². The fourth-order valence-corrected chi connectivity index (χ4v) is 1.71. The molecule has 1 aromatic heterocycles. The van der Waals surface area contributed by atoms with Crippen molar-refractivity contribution in [2.24, 2.45) is 0 Å². The van der Waals surface area contributed by atoms with Crippen LogP contribution < -0.4 is 11.1 Å². The Bertz CT molecular complexity index is 534. The molecule has 0 spiro atoms. The van der Waals surface area contributed by atoms with Crippen LogP contribution >= 0.6 is 11.6 Å². The van der Waals surface area contributed by atoms with Gasteiger partial charge in [-0.25, -0.2) is 4.98 Å². The number of rotatable bonds is 2. The summed E-state index contributed by atoms with van der Waals surface area (Å²) in [5, 5.41) is 3.81. The maximum absolute atomic E-state index is 6.19. The van der Waals surface area contributed by atoms with Gasteiger partial charge in [-0.3, -0.25) is 0 Å². The van der Waals surface area contributed by atoms with E-state index in [1.165, 1.54) is 0 Å². The second kappa shape index (κ2) is 4.59. The minimum Gasteiger partial charge on any atom is -0.368 e. The molecule has 0 bridgehead atoms. The lowest BCUT2D eigenvalue weighted by Crippen LogP contribution is -2.01. The Morgan fingerprint density at radius 1 is 1.24 bits per heavy atom. The van der Waals surface area contributed by atoms with Gasteiger partial charge >= 0.3 is 0 Å². The van der Waals surface area contributed by atoms with Gasteiger partial charge in [-0.1, -0.05) is 23.7 Å². The first-order chi connectivity index (χ1) is 8.06. The highest BCUT2D eigenvalue weighted by Crippen LogP contribution is 2.27. The van der Waals surface area contributed by atoms with Gasteiger partial charge in [0.2, 0.25) is 5.95 Å². The molecule has 2 rings (SSSR count). The number of nitrogens with one attached hydrogen (secondary N) is 1. The Morgan fingerprint density at radius 3 is 2.71 bits per heavy atom. The lowest BCUT2D eigenvalue weighted by molar-refractivity contribution is 1.12. The van der Waals surface area contributed by atoms with Crippen LogP contribution in [0.25, 0.3) is 0 Å². The molecule has 0 saturated carbocycles. The van der Waals surface area contributed by atoms with Crippen LogP contribution in [-0.2, 0) is 0 Å². The third-order valence-electron chi connectivity index (χ3n) is 2.33. The van der Waals surface area contributed by atoms with E-state index in [9.17, 15) is 0 Å². The molecule has 0 aliphatic rings. The van der Waals surface area contributed by atoms with Gasteiger partial charge in [0, 0.05) is 11.8 Å². The van der Waals surface area contributed by atoms with E-state index in [1.807, 2.05) is 38.1 Å². The van der Waals surface area contributed by atoms with Crippen LogP contribution in [0.2, 0.25) is 5.02 Å². The van der Waals surface area contributed by atoms with Crippen molar-refractivity contribution in [1.82, 2.24) is 9.97 Å². The summed E-state index contributed by atoms with van der Waals surface area (Å²) >= 11 is 6.19. The van der Waals surface area contributed by atoms with Crippen LogP contribution in [0.5, 0.6) is 0 Å². The zero-order valence-electron chi connectivity index (χ0n) is 9.66. The lowest BCUT2D eigenvalue weighted by atomic mass is 10.2. The van der Waals surface area contributed by atoms with Gasteiger partial charge in [-0.05, 0) is 25.5 Å². The van der Waals surface area contributed by atoms with Crippen LogP contribution in [0.3, 0.4) is 0 Å². The maximum Gasteiger partial charge on any atom is 0.222 e. The number of anilines is 3. The number of aromatic nitrogens is 2. The van der Waals surface area contributed by atoms with Gasteiger partial charge in [0.25, 0.3) is 0 Å². The molecule has 4 nitrogen and oxygen atoms in total. The molecule has 0 unspecified atom stereocenters. The molecule has 0 saturated heterocycles. The average molecular weight is 249 g/mol. The number of aryl methyl sites for hydroxylation is 2. The van der Waals surface area contributed by atoms with E-state index in [1.54, 1.807) is 0 Å². The summed E-state index contributed by atoms with van der Waals surface area (Å²) in [6, 6.07) is 7.59. The molecule has 0 atom stereocenters. The fraction of sp³-hybridized carbons (Fsp3) is 0.167. The molecule has 17 heavy (non-hydrogen) atoms. The van der Waals surface area contributed by atoms with Crippen LogP contribution in [-0.4, -0.2) is 9.97 Å². The topological polar surface area (TPSA) is 63.8 Å².